The van der Waals surface area contributed by atoms with Gasteiger partial charge < -0.3 is 15.5 Å². The van der Waals surface area contributed by atoms with Gasteiger partial charge in [0.05, 0.1) is 5.92 Å². The van der Waals surface area contributed by atoms with E-state index in [1.54, 1.807) is 0 Å². The average molecular weight is 211 g/mol. The normalized spacial score (nSPS) is 28.1. The van der Waals surface area contributed by atoms with E-state index in [4.69, 9.17) is 5.73 Å². The smallest absolute Gasteiger partial charge is 0.227 e. The molecule has 0 aliphatic carbocycles. The molecule has 0 bridgehead atoms. The van der Waals surface area contributed by atoms with Gasteiger partial charge in [-0.3, -0.25) is 4.79 Å². The zero-order valence-corrected chi connectivity index (χ0v) is 9.48. The predicted octanol–water partition coefficient (Wildman–Crippen LogP) is -0.255. The number of hydrogen-bond acceptors (Lipinski definition) is 3. The van der Waals surface area contributed by atoms with Crippen LogP contribution in [0.1, 0.15) is 12.8 Å². The zero-order valence-electron chi connectivity index (χ0n) is 9.48. The summed E-state index contributed by atoms with van der Waals surface area (Å²) in [6, 6.07) is 0. The molecule has 2 fully saturated rings. The van der Waals surface area contributed by atoms with Crippen LogP contribution in [0.5, 0.6) is 0 Å². The van der Waals surface area contributed by atoms with Gasteiger partial charge in [-0.25, -0.2) is 0 Å². The van der Waals surface area contributed by atoms with E-state index in [0.717, 1.165) is 45.6 Å². The molecule has 0 spiro atoms. The van der Waals surface area contributed by atoms with Crippen LogP contribution in [0, 0.1) is 11.8 Å². The summed E-state index contributed by atoms with van der Waals surface area (Å²) in [5, 5.41) is 0. The summed E-state index contributed by atoms with van der Waals surface area (Å²) in [4.78, 5) is 16.2. The molecule has 4 nitrogen and oxygen atoms in total. The van der Waals surface area contributed by atoms with E-state index in [0.29, 0.717) is 11.8 Å². The van der Waals surface area contributed by atoms with Crippen molar-refractivity contribution in [2.75, 3.05) is 39.8 Å². The molecule has 15 heavy (non-hydrogen) atoms. The topological polar surface area (TPSA) is 49.6 Å². The van der Waals surface area contributed by atoms with Crippen LogP contribution in [-0.4, -0.2) is 55.5 Å². The van der Waals surface area contributed by atoms with Gasteiger partial charge in [0.25, 0.3) is 0 Å². The van der Waals surface area contributed by atoms with Gasteiger partial charge in [0.15, 0.2) is 0 Å². The second kappa shape index (κ2) is 4.49. The number of rotatable bonds is 3. The Kier molecular flexibility index (Phi) is 3.26. The number of likely N-dealkylation sites (tertiary alicyclic amines) is 2. The van der Waals surface area contributed by atoms with Crippen molar-refractivity contribution in [2.24, 2.45) is 17.6 Å². The minimum absolute atomic E-state index is 0.258. The highest BCUT2D eigenvalue weighted by Gasteiger charge is 2.35. The van der Waals surface area contributed by atoms with Crippen molar-refractivity contribution in [3.05, 3.63) is 0 Å². The molecule has 2 aliphatic heterocycles. The van der Waals surface area contributed by atoms with Crippen LogP contribution in [0.25, 0.3) is 0 Å². The number of nitrogens with two attached hydrogens (primary N) is 1. The van der Waals surface area contributed by atoms with Gasteiger partial charge in [0.1, 0.15) is 0 Å². The first-order valence-electron chi connectivity index (χ1n) is 5.88. The molecule has 2 heterocycles. The van der Waals surface area contributed by atoms with E-state index in [1.807, 2.05) is 4.90 Å². The molecule has 2 N–H and O–H groups in total. The number of nitrogens with zero attached hydrogens (tertiary/aromatic N) is 2. The standard InChI is InChI=1S/C11H21N3O/c1-13-5-3-10(8-13)11(15)14-6-9(7-14)2-4-12/h9-10H,2-8,12H2,1H3. The van der Waals surface area contributed by atoms with Gasteiger partial charge >= 0.3 is 0 Å². The predicted molar refractivity (Wildman–Crippen MR) is 59.3 cm³/mol. The molecular weight excluding hydrogens is 190 g/mol. The van der Waals surface area contributed by atoms with Crippen molar-refractivity contribution < 1.29 is 4.79 Å². The quantitative estimate of drug-likeness (QED) is 0.700. The Hall–Kier alpha value is -0.610. The van der Waals surface area contributed by atoms with Crippen molar-refractivity contribution in [3.63, 3.8) is 0 Å². The highest BCUT2D eigenvalue weighted by Crippen LogP contribution is 2.24. The molecule has 86 valence electrons. The maximum Gasteiger partial charge on any atom is 0.227 e. The lowest BCUT2D eigenvalue weighted by Crippen LogP contribution is -2.52. The molecule has 1 atom stereocenters. The molecule has 0 aromatic heterocycles. The lowest BCUT2D eigenvalue weighted by Gasteiger charge is -2.40. The maximum absolute atomic E-state index is 12.0. The molecule has 2 saturated heterocycles. The second-order valence-corrected chi connectivity index (χ2v) is 4.93. The Morgan fingerprint density at radius 2 is 2.13 bits per heavy atom. The first-order valence-corrected chi connectivity index (χ1v) is 5.88. The van der Waals surface area contributed by atoms with Gasteiger partial charge in [-0.05, 0) is 38.9 Å². The van der Waals surface area contributed by atoms with Gasteiger partial charge in [-0.15, -0.1) is 0 Å². The van der Waals surface area contributed by atoms with Crippen LogP contribution >= 0.6 is 0 Å². The van der Waals surface area contributed by atoms with E-state index in [2.05, 4.69) is 11.9 Å². The SMILES string of the molecule is CN1CCC(C(=O)N2CC(CCN)C2)C1. The number of amides is 1. The van der Waals surface area contributed by atoms with Crippen molar-refractivity contribution in [3.8, 4) is 0 Å². The van der Waals surface area contributed by atoms with Crippen LogP contribution in [0.4, 0.5) is 0 Å². The third kappa shape index (κ3) is 2.32. The van der Waals surface area contributed by atoms with Gasteiger partial charge in [-0.1, -0.05) is 0 Å². The molecule has 2 aliphatic rings. The van der Waals surface area contributed by atoms with Crippen LogP contribution in [0.3, 0.4) is 0 Å². The fraction of sp³-hybridized carbons (Fsp3) is 0.909. The van der Waals surface area contributed by atoms with Crippen LogP contribution in [0.15, 0.2) is 0 Å². The van der Waals surface area contributed by atoms with Gasteiger partial charge in [0.2, 0.25) is 5.91 Å². The number of carbonyl (C=O) groups is 1. The molecule has 0 saturated carbocycles. The third-order valence-electron chi connectivity index (χ3n) is 3.58. The van der Waals surface area contributed by atoms with Crippen LogP contribution in [0.2, 0.25) is 0 Å². The molecule has 0 aromatic rings. The Labute approximate surface area is 91.4 Å². The van der Waals surface area contributed by atoms with Gasteiger partial charge in [-0.2, -0.15) is 0 Å². The Morgan fingerprint density at radius 1 is 1.40 bits per heavy atom. The fourth-order valence-electron chi connectivity index (χ4n) is 2.56. The fourth-order valence-corrected chi connectivity index (χ4v) is 2.56. The third-order valence-corrected chi connectivity index (χ3v) is 3.58. The monoisotopic (exact) mass is 211 g/mol. The van der Waals surface area contributed by atoms with E-state index < -0.39 is 0 Å². The number of carbonyl (C=O) groups excluding carboxylic acids is 1. The lowest BCUT2D eigenvalue weighted by atomic mass is 9.94. The molecule has 2 rings (SSSR count). The summed E-state index contributed by atoms with van der Waals surface area (Å²) in [6.45, 7) is 4.64. The summed E-state index contributed by atoms with van der Waals surface area (Å²) in [6.07, 6.45) is 2.10. The first-order chi connectivity index (χ1) is 7.20. The second-order valence-electron chi connectivity index (χ2n) is 4.93. The maximum atomic E-state index is 12.0. The summed E-state index contributed by atoms with van der Waals surface area (Å²) in [5.41, 5.74) is 5.49. The van der Waals surface area contributed by atoms with Crippen molar-refractivity contribution in [1.82, 2.24) is 9.80 Å². The summed E-state index contributed by atoms with van der Waals surface area (Å²) in [5.74, 6) is 1.29. The summed E-state index contributed by atoms with van der Waals surface area (Å²) < 4.78 is 0. The molecule has 0 aromatic carbocycles. The number of hydrogen-bond donors (Lipinski definition) is 1. The van der Waals surface area contributed by atoms with Crippen LogP contribution in [-0.2, 0) is 4.79 Å². The van der Waals surface area contributed by atoms with Crippen molar-refractivity contribution >= 4 is 5.91 Å². The van der Waals surface area contributed by atoms with Crippen molar-refractivity contribution in [1.29, 1.82) is 0 Å². The zero-order chi connectivity index (χ0) is 10.8. The van der Waals surface area contributed by atoms with Crippen molar-refractivity contribution in [2.45, 2.75) is 12.8 Å². The Balaban J connectivity index is 1.74. The first kappa shape index (κ1) is 10.9. The van der Waals surface area contributed by atoms with Crippen LogP contribution < -0.4 is 5.73 Å². The molecule has 1 amide bonds. The molecule has 0 radical (unpaired) electrons. The van der Waals surface area contributed by atoms with E-state index in [1.165, 1.54) is 0 Å². The average Bonchev–Trinajstić information content (AvgIpc) is 2.56. The highest BCUT2D eigenvalue weighted by atomic mass is 16.2. The highest BCUT2D eigenvalue weighted by molar-refractivity contribution is 5.80. The minimum Gasteiger partial charge on any atom is -0.342 e. The van der Waals surface area contributed by atoms with E-state index >= 15 is 0 Å². The van der Waals surface area contributed by atoms with Gasteiger partial charge in [0, 0.05) is 19.6 Å². The Morgan fingerprint density at radius 3 is 2.67 bits per heavy atom. The lowest BCUT2D eigenvalue weighted by molar-refractivity contribution is -0.141. The summed E-state index contributed by atoms with van der Waals surface area (Å²) in [7, 11) is 2.08. The molecule has 4 heteroatoms. The van der Waals surface area contributed by atoms with E-state index in [9.17, 15) is 4.79 Å². The molecular formula is C11H21N3O. The largest absolute Gasteiger partial charge is 0.342 e. The van der Waals surface area contributed by atoms with E-state index in [-0.39, 0.29) is 5.92 Å². The Bertz CT molecular complexity index is 238. The molecule has 1 unspecified atom stereocenters. The summed E-state index contributed by atoms with van der Waals surface area (Å²) >= 11 is 0. The minimum atomic E-state index is 0.258.